The SMILES string of the molecule is Nc1n[nH]c2ccc(-c3ccc(NCC4(c5ccccc5F)CCC4)nn3)cc12. The van der Waals surface area contributed by atoms with Gasteiger partial charge in [-0.1, -0.05) is 30.7 Å². The van der Waals surface area contributed by atoms with Gasteiger partial charge in [0.15, 0.2) is 5.82 Å². The summed E-state index contributed by atoms with van der Waals surface area (Å²) in [6.07, 6.45) is 3.05. The molecule has 7 heteroatoms. The van der Waals surface area contributed by atoms with E-state index in [1.54, 1.807) is 6.07 Å². The van der Waals surface area contributed by atoms with E-state index in [2.05, 4.69) is 25.7 Å². The molecule has 0 amide bonds. The molecule has 0 spiro atoms. The first-order chi connectivity index (χ1) is 14.1. The van der Waals surface area contributed by atoms with E-state index in [0.29, 0.717) is 18.2 Å². The van der Waals surface area contributed by atoms with Crippen molar-refractivity contribution in [3.8, 4) is 11.3 Å². The van der Waals surface area contributed by atoms with Crippen molar-refractivity contribution in [3.63, 3.8) is 0 Å². The van der Waals surface area contributed by atoms with Gasteiger partial charge in [-0.15, -0.1) is 10.2 Å². The van der Waals surface area contributed by atoms with Crippen LogP contribution in [0.15, 0.2) is 54.6 Å². The van der Waals surface area contributed by atoms with Crippen molar-refractivity contribution in [1.29, 1.82) is 0 Å². The van der Waals surface area contributed by atoms with E-state index in [4.69, 9.17) is 5.73 Å². The first kappa shape index (κ1) is 17.6. The van der Waals surface area contributed by atoms with Crippen LogP contribution in [0.2, 0.25) is 0 Å². The number of hydrogen-bond acceptors (Lipinski definition) is 5. The lowest BCUT2D eigenvalue weighted by atomic mass is 9.64. The molecule has 5 rings (SSSR count). The molecule has 0 aliphatic heterocycles. The van der Waals surface area contributed by atoms with Crippen LogP contribution in [-0.2, 0) is 5.41 Å². The molecule has 4 aromatic rings. The molecule has 1 saturated carbocycles. The maximum atomic E-state index is 14.3. The fourth-order valence-electron chi connectivity index (χ4n) is 4.07. The Morgan fingerprint density at radius 1 is 1.07 bits per heavy atom. The highest BCUT2D eigenvalue weighted by Gasteiger charge is 2.40. The van der Waals surface area contributed by atoms with Crippen molar-refractivity contribution < 1.29 is 4.39 Å². The molecule has 29 heavy (non-hydrogen) atoms. The van der Waals surface area contributed by atoms with Crippen LogP contribution >= 0.6 is 0 Å². The second-order valence-corrected chi connectivity index (χ2v) is 7.64. The molecule has 4 N–H and O–H groups in total. The zero-order valence-electron chi connectivity index (χ0n) is 15.8. The molecule has 2 heterocycles. The summed E-state index contributed by atoms with van der Waals surface area (Å²) >= 11 is 0. The highest BCUT2D eigenvalue weighted by atomic mass is 19.1. The number of anilines is 2. The van der Waals surface area contributed by atoms with Gasteiger partial charge in [0, 0.05) is 22.9 Å². The average Bonchev–Trinajstić information content (AvgIpc) is 3.09. The highest BCUT2D eigenvalue weighted by Crippen LogP contribution is 2.44. The number of nitrogen functional groups attached to an aromatic ring is 1. The maximum Gasteiger partial charge on any atom is 0.153 e. The van der Waals surface area contributed by atoms with Crippen LogP contribution in [0.1, 0.15) is 24.8 Å². The molecular weight excluding hydrogens is 367 g/mol. The van der Waals surface area contributed by atoms with Crippen LogP contribution in [-0.4, -0.2) is 26.9 Å². The smallest absolute Gasteiger partial charge is 0.153 e. The Balaban J connectivity index is 1.34. The third-order valence-corrected chi connectivity index (χ3v) is 5.92. The van der Waals surface area contributed by atoms with Crippen molar-refractivity contribution in [2.75, 3.05) is 17.6 Å². The van der Waals surface area contributed by atoms with Gasteiger partial charge in [0.1, 0.15) is 11.6 Å². The number of nitrogens with two attached hydrogens (primary N) is 1. The highest BCUT2D eigenvalue weighted by molar-refractivity contribution is 5.91. The van der Waals surface area contributed by atoms with E-state index in [1.807, 2.05) is 42.5 Å². The van der Waals surface area contributed by atoms with Gasteiger partial charge in [-0.25, -0.2) is 4.39 Å². The Morgan fingerprint density at radius 3 is 2.66 bits per heavy atom. The zero-order chi connectivity index (χ0) is 19.8. The van der Waals surface area contributed by atoms with E-state index < -0.39 is 0 Å². The van der Waals surface area contributed by atoms with Gasteiger partial charge < -0.3 is 11.1 Å². The van der Waals surface area contributed by atoms with Crippen LogP contribution in [0.5, 0.6) is 0 Å². The molecule has 1 fully saturated rings. The van der Waals surface area contributed by atoms with Gasteiger partial charge in [-0.3, -0.25) is 5.10 Å². The molecule has 0 bridgehead atoms. The standard InChI is InChI=1S/C22H21FN6/c23-17-5-2-1-4-16(17)22(10-3-11-22)13-25-20-9-8-18(26-28-20)14-6-7-19-15(12-14)21(24)29-27-19/h1-2,4-9,12H,3,10-11,13H2,(H,25,28)(H3,24,27,29). The number of nitrogens with one attached hydrogen (secondary N) is 2. The van der Waals surface area contributed by atoms with Crippen molar-refractivity contribution >= 4 is 22.5 Å². The van der Waals surface area contributed by atoms with Crippen LogP contribution in [0.3, 0.4) is 0 Å². The fourth-order valence-corrected chi connectivity index (χ4v) is 4.07. The molecule has 1 aliphatic carbocycles. The molecule has 0 atom stereocenters. The summed E-state index contributed by atoms with van der Waals surface area (Å²) in [5.74, 6) is 1.01. The van der Waals surface area contributed by atoms with E-state index in [1.165, 1.54) is 6.07 Å². The largest absolute Gasteiger partial charge is 0.382 e. The third kappa shape index (κ3) is 3.08. The van der Waals surface area contributed by atoms with Gasteiger partial charge in [0.25, 0.3) is 0 Å². The van der Waals surface area contributed by atoms with E-state index in [-0.39, 0.29) is 11.2 Å². The molecule has 0 unspecified atom stereocenters. The predicted octanol–water partition coefficient (Wildman–Crippen LogP) is 4.28. The molecule has 6 nitrogen and oxygen atoms in total. The van der Waals surface area contributed by atoms with Crippen molar-refractivity contribution in [1.82, 2.24) is 20.4 Å². The Morgan fingerprint density at radius 2 is 1.93 bits per heavy atom. The monoisotopic (exact) mass is 388 g/mol. The second kappa shape index (κ2) is 6.84. The van der Waals surface area contributed by atoms with Crippen LogP contribution in [0.4, 0.5) is 16.0 Å². The number of aromatic amines is 1. The van der Waals surface area contributed by atoms with Crippen LogP contribution in [0, 0.1) is 5.82 Å². The second-order valence-electron chi connectivity index (χ2n) is 7.64. The Hall–Kier alpha value is -3.48. The topological polar surface area (TPSA) is 92.5 Å². The van der Waals surface area contributed by atoms with Crippen LogP contribution in [0.25, 0.3) is 22.2 Å². The van der Waals surface area contributed by atoms with Crippen molar-refractivity contribution in [3.05, 3.63) is 66.0 Å². The molecule has 1 aliphatic rings. The molecule has 0 saturated heterocycles. The first-order valence-corrected chi connectivity index (χ1v) is 9.71. The van der Waals surface area contributed by atoms with E-state index in [9.17, 15) is 4.39 Å². The lowest BCUT2D eigenvalue weighted by Crippen LogP contribution is -2.41. The Kier molecular flexibility index (Phi) is 4.16. The first-order valence-electron chi connectivity index (χ1n) is 9.71. The number of aromatic nitrogens is 4. The fraction of sp³-hybridized carbons (Fsp3) is 0.227. The van der Waals surface area contributed by atoms with Crippen molar-refractivity contribution in [2.24, 2.45) is 0 Å². The lowest BCUT2D eigenvalue weighted by molar-refractivity contribution is 0.251. The van der Waals surface area contributed by atoms with Crippen LogP contribution < -0.4 is 11.1 Å². The van der Waals surface area contributed by atoms with Gasteiger partial charge in [0.05, 0.1) is 11.2 Å². The lowest BCUT2D eigenvalue weighted by Gasteiger charge is -2.42. The minimum absolute atomic E-state index is 0.135. The summed E-state index contributed by atoms with van der Waals surface area (Å²) in [5, 5.41) is 19.8. The average molecular weight is 388 g/mol. The molecule has 0 radical (unpaired) electrons. The minimum atomic E-state index is -0.171. The number of fused-ring (bicyclic) bond motifs is 1. The van der Waals surface area contributed by atoms with Crippen molar-refractivity contribution in [2.45, 2.75) is 24.7 Å². The maximum absolute atomic E-state index is 14.3. The third-order valence-electron chi connectivity index (χ3n) is 5.92. The summed E-state index contributed by atoms with van der Waals surface area (Å²) in [6.45, 7) is 0.638. The van der Waals surface area contributed by atoms with Gasteiger partial charge in [-0.2, -0.15) is 5.10 Å². The molecule has 146 valence electrons. The number of halogens is 1. The normalized spacial score (nSPS) is 15.2. The van der Waals surface area contributed by atoms with Gasteiger partial charge >= 0.3 is 0 Å². The minimum Gasteiger partial charge on any atom is -0.382 e. The number of H-pyrrole nitrogens is 1. The summed E-state index contributed by atoms with van der Waals surface area (Å²) in [4.78, 5) is 0. The van der Waals surface area contributed by atoms with Gasteiger partial charge in [-0.05, 0) is 48.7 Å². The molecule has 2 aromatic carbocycles. The summed E-state index contributed by atoms with van der Waals surface area (Å²) in [7, 11) is 0. The Labute approximate surface area is 167 Å². The van der Waals surface area contributed by atoms with Gasteiger partial charge in [0.2, 0.25) is 0 Å². The molecular formula is C22H21FN6. The number of nitrogens with zero attached hydrogens (tertiary/aromatic N) is 3. The zero-order valence-corrected chi connectivity index (χ0v) is 15.8. The molecule has 2 aromatic heterocycles. The van der Waals surface area contributed by atoms with E-state index in [0.717, 1.165) is 47.0 Å². The quantitative estimate of drug-likeness (QED) is 0.475. The number of hydrogen-bond donors (Lipinski definition) is 3. The summed E-state index contributed by atoms with van der Waals surface area (Å²) in [6, 6.07) is 16.7. The number of rotatable bonds is 5. The Bertz CT molecular complexity index is 1160. The van der Waals surface area contributed by atoms with E-state index >= 15 is 0 Å². The summed E-state index contributed by atoms with van der Waals surface area (Å²) in [5.41, 5.74) is 9.07. The summed E-state index contributed by atoms with van der Waals surface area (Å²) < 4.78 is 14.3. The predicted molar refractivity (Wildman–Crippen MR) is 112 cm³/mol. The number of benzene rings is 2.